The second-order valence-corrected chi connectivity index (χ2v) is 10.9. The highest BCUT2D eigenvalue weighted by Gasteiger charge is 2.16. The highest BCUT2D eigenvalue weighted by Crippen LogP contribution is 2.26. The molecule has 0 aliphatic carbocycles. The first-order valence-corrected chi connectivity index (χ1v) is 15.2. The van der Waals surface area contributed by atoms with E-state index in [1.807, 2.05) is 30.6 Å². The number of hydrogen-bond acceptors (Lipinski definition) is 6. The number of nitriles is 1. The van der Waals surface area contributed by atoms with Crippen LogP contribution < -0.4 is 15.4 Å². The third-order valence-corrected chi connectivity index (χ3v) is 7.60. The van der Waals surface area contributed by atoms with Gasteiger partial charge in [-0.1, -0.05) is 55.0 Å². The molecule has 1 aliphatic heterocycles. The lowest BCUT2D eigenvalue weighted by Crippen LogP contribution is -2.39. The van der Waals surface area contributed by atoms with E-state index in [4.69, 9.17) is 4.74 Å². The van der Waals surface area contributed by atoms with E-state index in [9.17, 15) is 5.26 Å². The number of nitrogens with zero attached hydrogens (tertiary/aromatic N) is 5. The third-order valence-electron chi connectivity index (χ3n) is 7.60. The molecule has 2 aromatic carbocycles. The monoisotopic (exact) mass is 567 g/mol. The normalized spacial score (nSPS) is 14.7. The van der Waals surface area contributed by atoms with Crippen LogP contribution in [0.3, 0.4) is 0 Å². The van der Waals surface area contributed by atoms with Crippen LogP contribution in [-0.2, 0) is 6.54 Å². The lowest BCUT2D eigenvalue weighted by molar-refractivity contribution is 0.220. The van der Waals surface area contributed by atoms with E-state index in [0.717, 1.165) is 43.9 Å². The van der Waals surface area contributed by atoms with Crippen LogP contribution in [0.1, 0.15) is 54.8 Å². The van der Waals surface area contributed by atoms with Gasteiger partial charge >= 0.3 is 0 Å². The highest BCUT2D eigenvalue weighted by atomic mass is 16.5. The molecular weight excluding hydrogens is 522 g/mol. The van der Waals surface area contributed by atoms with Crippen LogP contribution in [0.5, 0.6) is 5.75 Å². The van der Waals surface area contributed by atoms with Gasteiger partial charge in [0.25, 0.3) is 0 Å². The van der Waals surface area contributed by atoms with Crippen molar-refractivity contribution >= 4 is 5.96 Å². The summed E-state index contributed by atoms with van der Waals surface area (Å²) in [4.78, 5) is 14.0. The number of piperidine rings is 1. The maximum Gasteiger partial charge on any atom is 0.204 e. The van der Waals surface area contributed by atoms with Gasteiger partial charge in [0.2, 0.25) is 5.96 Å². The summed E-state index contributed by atoms with van der Waals surface area (Å²) in [5, 5.41) is 15.1. The first kappa shape index (κ1) is 31.0. The van der Waals surface area contributed by atoms with Gasteiger partial charge < -0.3 is 15.0 Å². The summed E-state index contributed by atoms with van der Waals surface area (Å²) in [6.45, 7) is 6.95. The maximum atomic E-state index is 9.18. The number of guanidine groups is 1. The number of aromatic nitrogens is 1. The molecule has 1 aromatic heterocycles. The first-order chi connectivity index (χ1) is 20.7. The molecule has 0 saturated carbocycles. The van der Waals surface area contributed by atoms with Crippen molar-refractivity contribution in [3.63, 3.8) is 0 Å². The van der Waals surface area contributed by atoms with E-state index < -0.39 is 0 Å². The van der Waals surface area contributed by atoms with Crippen molar-refractivity contribution in [1.29, 1.82) is 5.26 Å². The van der Waals surface area contributed by atoms with E-state index in [1.54, 1.807) is 0 Å². The molecule has 0 radical (unpaired) electrons. The van der Waals surface area contributed by atoms with Crippen molar-refractivity contribution in [3.05, 3.63) is 95.8 Å². The second kappa shape index (κ2) is 17.8. The first-order valence-electron chi connectivity index (χ1n) is 15.2. The number of aliphatic imine (C=N–C) groups is 1. The van der Waals surface area contributed by atoms with Crippen molar-refractivity contribution in [2.24, 2.45) is 4.99 Å². The van der Waals surface area contributed by atoms with Gasteiger partial charge in [0.15, 0.2) is 6.19 Å². The van der Waals surface area contributed by atoms with Crippen LogP contribution in [0.2, 0.25) is 0 Å². The molecule has 222 valence electrons. The van der Waals surface area contributed by atoms with Gasteiger partial charge in [-0.3, -0.25) is 20.2 Å². The number of benzene rings is 2. The van der Waals surface area contributed by atoms with Crippen LogP contribution >= 0.6 is 0 Å². The molecule has 8 nitrogen and oxygen atoms in total. The van der Waals surface area contributed by atoms with Crippen molar-refractivity contribution < 1.29 is 4.74 Å². The Morgan fingerprint density at radius 2 is 1.88 bits per heavy atom. The molecule has 3 aromatic rings. The van der Waals surface area contributed by atoms with Gasteiger partial charge in [-0.2, -0.15) is 5.26 Å². The summed E-state index contributed by atoms with van der Waals surface area (Å²) in [6, 6.07) is 25.1. The zero-order valence-electron chi connectivity index (χ0n) is 24.9. The number of rotatable bonds is 15. The third kappa shape index (κ3) is 10.8. The lowest BCUT2D eigenvalue weighted by Gasteiger charge is -2.26. The molecule has 42 heavy (non-hydrogen) atoms. The van der Waals surface area contributed by atoms with E-state index >= 15 is 0 Å². The van der Waals surface area contributed by atoms with Gasteiger partial charge in [0.1, 0.15) is 5.75 Å². The lowest BCUT2D eigenvalue weighted by atomic mass is 9.92. The minimum Gasteiger partial charge on any atom is -0.494 e. The Bertz CT molecular complexity index is 1200. The van der Waals surface area contributed by atoms with E-state index in [0.29, 0.717) is 25.7 Å². The molecule has 2 N–H and O–H groups in total. The Balaban J connectivity index is 1.16. The Morgan fingerprint density at radius 1 is 1.05 bits per heavy atom. The molecule has 1 unspecified atom stereocenters. The van der Waals surface area contributed by atoms with E-state index in [1.165, 1.54) is 43.5 Å². The van der Waals surface area contributed by atoms with E-state index in [2.05, 4.69) is 92.1 Å². The summed E-state index contributed by atoms with van der Waals surface area (Å²) in [7, 11) is 2.12. The summed E-state index contributed by atoms with van der Waals surface area (Å²) < 4.78 is 6.00. The SMILES string of the molecule is CN(CCNC(=NCCCOc1cccc(CN2CCCCC2)c1)NC#N)CCC(c1ccccc1)c1ccccn1. The van der Waals surface area contributed by atoms with Gasteiger partial charge in [-0.05, 0) is 81.3 Å². The van der Waals surface area contributed by atoms with Crippen molar-refractivity contribution in [3.8, 4) is 11.9 Å². The van der Waals surface area contributed by atoms with Crippen LogP contribution in [0.25, 0.3) is 0 Å². The van der Waals surface area contributed by atoms with Gasteiger partial charge in [-0.15, -0.1) is 0 Å². The molecule has 1 aliphatic rings. The molecule has 0 spiro atoms. The Hall–Kier alpha value is -3.93. The summed E-state index contributed by atoms with van der Waals surface area (Å²) in [5.74, 6) is 1.66. The predicted molar refractivity (Wildman–Crippen MR) is 169 cm³/mol. The van der Waals surface area contributed by atoms with Crippen LogP contribution in [0, 0.1) is 11.5 Å². The molecular formula is C34H45N7O. The fraction of sp³-hybridized carbons (Fsp3) is 0.441. The number of ether oxygens (including phenoxy) is 1. The average Bonchev–Trinajstić information content (AvgIpc) is 3.03. The smallest absolute Gasteiger partial charge is 0.204 e. The molecule has 2 heterocycles. The topological polar surface area (TPSA) is 88.8 Å². The number of hydrogen-bond donors (Lipinski definition) is 2. The fourth-order valence-electron chi connectivity index (χ4n) is 5.33. The Labute approximate surface area is 251 Å². The minimum absolute atomic E-state index is 0.250. The zero-order valence-corrected chi connectivity index (χ0v) is 24.9. The number of nitrogens with one attached hydrogen (secondary N) is 2. The van der Waals surface area contributed by atoms with Crippen molar-refractivity contribution in [2.75, 3.05) is 52.9 Å². The number of likely N-dealkylation sites (tertiary alicyclic amines) is 1. The van der Waals surface area contributed by atoms with Crippen molar-refractivity contribution in [1.82, 2.24) is 25.4 Å². The molecule has 1 saturated heterocycles. The van der Waals surface area contributed by atoms with Gasteiger partial charge in [-0.25, -0.2) is 0 Å². The number of pyridine rings is 1. The summed E-state index contributed by atoms with van der Waals surface area (Å²) in [6.07, 6.45) is 9.54. The largest absolute Gasteiger partial charge is 0.494 e. The summed E-state index contributed by atoms with van der Waals surface area (Å²) in [5.41, 5.74) is 3.68. The molecule has 0 bridgehead atoms. The predicted octanol–water partition coefficient (Wildman–Crippen LogP) is 5.01. The van der Waals surface area contributed by atoms with Gasteiger partial charge in [0, 0.05) is 50.4 Å². The number of likely N-dealkylation sites (N-methyl/N-ethyl adjacent to an activating group) is 1. The Morgan fingerprint density at radius 3 is 2.67 bits per heavy atom. The van der Waals surface area contributed by atoms with Gasteiger partial charge in [0.05, 0.1) is 6.61 Å². The molecule has 8 heteroatoms. The maximum absolute atomic E-state index is 9.18. The quantitative estimate of drug-likeness (QED) is 0.0878. The highest BCUT2D eigenvalue weighted by molar-refractivity contribution is 5.81. The van der Waals surface area contributed by atoms with E-state index in [-0.39, 0.29) is 5.92 Å². The molecule has 0 amide bonds. The molecule has 1 atom stereocenters. The fourth-order valence-corrected chi connectivity index (χ4v) is 5.33. The average molecular weight is 568 g/mol. The van der Waals surface area contributed by atoms with Crippen molar-refractivity contribution in [2.45, 2.75) is 44.6 Å². The zero-order chi connectivity index (χ0) is 29.2. The van der Waals surface area contributed by atoms with Crippen LogP contribution in [0.4, 0.5) is 0 Å². The second-order valence-electron chi connectivity index (χ2n) is 10.9. The van der Waals surface area contributed by atoms with Crippen LogP contribution in [-0.4, -0.2) is 73.7 Å². The summed E-state index contributed by atoms with van der Waals surface area (Å²) >= 11 is 0. The van der Waals surface area contributed by atoms with Crippen LogP contribution in [0.15, 0.2) is 84.0 Å². The molecule has 1 fully saturated rings. The standard InChI is InChI=1S/C34H45N7O/c1-40(23-17-32(30-13-4-2-5-14-30)33-16-6-7-18-36-33)24-20-38-34(39-28-35)37-19-11-25-42-31-15-10-12-29(26-31)27-41-21-8-3-9-22-41/h2,4-7,10,12-16,18,26,32H,3,8-9,11,17,19-25,27H2,1H3,(H2,37,38,39). The Kier molecular flexibility index (Phi) is 13.1. The minimum atomic E-state index is 0.250. The molecule has 4 rings (SSSR count).